The fourth-order valence-corrected chi connectivity index (χ4v) is 2.80. The molecule has 1 nitrogen and oxygen atoms in total. The van der Waals surface area contributed by atoms with Gasteiger partial charge < -0.3 is 0 Å². The number of hydrogen-bond acceptors (Lipinski definition) is 1. The van der Waals surface area contributed by atoms with Gasteiger partial charge >= 0.3 is 0 Å². The number of hydrogen-bond donors (Lipinski definition) is 0. The number of ketones is 1. The summed E-state index contributed by atoms with van der Waals surface area (Å²) in [5.74, 6) is 0.227. The summed E-state index contributed by atoms with van der Waals surface area (Å²) in [5, 5.41) is 0.695. The van der Waals surface area contributed by atoms with Gasteiger partial charge in [-0.15, -0.1) is 0 Å². The monoisotopic (exact) mass is 258 g/mol. The maximum atomic E-state index is 11.5. The first-order valence-corrected chi connectivity index (χ1v) is 5.36. The quantitative estimate of drug-likeness (QED) is 0.695. The molecule has 0 fully saturated rings. The van der Waals surface area contributed by atoms with Gasteiger partial charge in [0.15, 0.2) is 5.78 Å². The summed E-state index contributed by atoms with van der Waals surface area (Å²) in [6.45, 7) is 0. The Hall–Kier alpha value is -0.340. The minimum atomic E-state index is 0.227. The molecule has 2 rings (SSSR count). The lowest BCUT2D eigenvalue weighted by molar-refractivity contribution is 0.0971. The van der Waals surface area contributed by atoms with E-state index in [0.29, 0.717) is 11.4 Å². The summed E-state index contributed by atoms with van der Waals surface area (Å²) >= 11 is 9.26. The van der Waals surface area contributed by atoms with Crippen molar-refractivity contribution in [3.05, 3.63) is 32.8 Å². The van der Waals surface area contributed by atoms with Crippen molar-refractivity contribution in [1.29, 1.82) is 0 Å². The van der Waals surface area contributed by atoms with Gasteiger partial charge in [0.2, 0.25) is 0 Å². The van der Waals surface area contributed by atoms with Crippen LogP contribution in [0.3, 0.4) is 0 Å². The number of aryl methyl sites for hydroxylation is 1. The van der Waals surface area contributed by atoms with Crippen molar-refractivity contribution >= 4 is 33.3 Å². The molecule has 1 aromatic carbocycles. The largest absolute Gasteiger partial charge is 0.294 e. The molecule has 0 radical (unpaired) electrons. The van der Waals surface area contributed by atoms with Crippen LogP contribution < -0.4 is 0 Å². The molecule has 0 saturated heterocycles. The van der Waals surface area contributed by atoms with Gasteiger partial charge in [-0.3, -0.25) is 4.79 Å². The molecule has 1 aliphatic rings. The highest BCUT2D eigenvalue weighted by molar-refractivity contribution is 9.10. The molecule has 0 aromatic heterocycles. The van der Waals surface area contributed by atoms with Crippen molar-refractivity contribution in [2.24, 2.45) is 0 Å². The molecule has 0 N–H and O–H groups in total. The van der Waals surface area contributed by atoms with Crippen molar-refractivity contribution < 1.29 is 4.79 Å². The van der Waals surface area contributed by atoms with Crippen LogP contribution in [0, 0.1) is 0 Å². The fourth-order valence-electron chi connectivity index (χ4n) is 1.70. The van der Waals surface area contributed by atoms with Crippen molar-refractivity contribution in [3.8, 4) is 0 Å². The molecule has 0 aliphatic heterocycles. The lowest BCUT2D eigenvalue weighted by Crippen LogP contribution is -2.11. The second-order valence-corrected chi connectivity index (χ2v) is 4.49. The minimum Gasteiger partial charge on any atom is -0.294 e. The molecule has 3 heteroatoms. The lowest BCUT2D eigenvalue weighted by atomic mass is 9.91. The van der Waals surface area contributed by atoms with Crippen LogP contribution in [0.4, 0.5) is 0 Å². The zero-order chi connectivity index (χ0) is 9.42. The molecule has 0 amide bonds. The Balaban J connectivity index is 2.63. The second-order valence-electron chi connectivity index (χ2n) is 3.20. The molecule has 0 heterocycles. The van der Waals surface area contributed by atoms with Crippen molar-refractivity contribution in [2.45, 2.75) is 19.3 Å². The Morgan fingerprint density at radius 2 is 2.08 bits per heavy atom. The average molecular weight is 260 g/mol. The van der Waals surface area contributed by atoms with Crippen LogP contribution in [0.2, 0.25) is 5.02 Å². The first-order valence-electron chi connectivity index (χ1n) is 4.19. The fraction of sp³-hybridized carbons (Fsp3) is 0.300. The number of Topliss-reactive ketones (excluding diaryl/α,β-unsaturated/α-hetero) is 1. The van der Waals surface area contributed by atoms with E-state index in [0.717, 1.165) is 28.4 Å². The van der Waals surface area contributed by atoms with E-state index in [1.807, 2.05) is 6.07 Å². The first-order chi connectivity index (χ1) is 6.18. The number of rotatable bonds is 0. The van der Waals surface area contributed by atoms with Gasteiger partial charge in [0, 0.05) is 21.5 Å². The Kier molecular flexibility index (Phi) is 2.43. The van der Waals surface area contributed by atoms with Gasteiger partial charge in [-0.25, -0.2) is 0 Å². The van der Waals surface area contributed by atoms with E-state index < -0.39 is 0 Å². The van der Waals surface area contributed by atoms with Crippen molar-refractivity contribution in [1.82, 2.24) is 0 Å². The average Bonchev–Trinajstić information content (AvgIpc) is 2.02. The predicted molar refractivity (Wildman–Crippen MR) is 56.4 cm³/mol. The Morgan fingerprint density at radius 3 is 2.85 bits per heavy atom. The Bertz CT molecular complexity index is 373. The highest BCUT2D eigenvalue weighted by atomic mass is 79.9. The van der Waals surface area contributed by atoms with E-state index >= 15 is 0 Å². The van der Waals surface area contributed by atoms with Gasteiger partial charge in [0.1, 0.15) is 0 Å². The SMILES string of the molecule is O=C1CCCc2cc(Cl)cc(Br)c21. The normalized spacial score (nSPS) is 15.7. The summed E-state index contributed by atoms with van der Waals surface area (Å²) in [6.07, 6.45) is 2.56. The van der Waals surface area contributed by atoms with E-state index in [1.165, 1.54) is 0 Å². The molecule has 1 aliphatic carbocycles. The first kappa shape index (κ1) is 9.22. The van der Waals surface area contributed by atoms with E-state index in [9.17, 15) is 4.79 Å². The molecule has 13 heavy (non-hydrogen) atoms. The zero-order valence-electron chi connectivity index (χ0n) is 6.94. The predicted octanol–water partition coefficient (Wildman–Crippen LogP) is 3.62. The van der Waals surface area contributed by atoms with Gasteiger partial charge in [-0.2, -0.15) is 0 Å². The third-order valence-electron chi connectivity index (χ3n) is 2.27. The summed E-state index contributed by atoms with van der Waals surface area (Å²) in [7, 11) is 0. The number of carbonyl (C=O) groups excluding carboxylic acids is 1. The van der Waals surface area contributed by atoms with Gasteiger partial charge in [0.05, 0.1) is 0 Å². The second kappa shape index (κ2) is 3.43. The van der Waals surface area contributed by atoms with E-state index in [4.69, 9.17) is 11.6 Å². The van der Waals surface area contributed by atoms with Crippen molar-refractivity contribution in [3.63, 3.8) is 0 Å². The molecule has 0 bridgehead atoms. The number of carbonyl (C=O) groups is 1. The molecule has 0 unspecified atom stereocenters. The molecule has 68 valence electrons. The minimum absolute atomic E-state index is 0.227. The summed E-state index contributed by atoms with van der Waals surface area (Å²) in [5.41, 5.74) is 1.91. The number of benzene rings is 1. The molecular weight excluding hydrogens is 251 g/mol. The van der Waals surface area contributed by atoms with Crippen LogP contribution in [0.5, 0.6) is 0 Å². The third kappa shape index (κ3) is 1.65. The van der Waals surface area contributed by atoms with Crippen LogP contribution in [-0.2, 0) is 6.42 Å². The van der Waals surface area contributed by atoms with E-state index in [-0.39, 0.29) is 5.78 Å². The van der Waals surface area contributed by atoms with Gasteiger partial charge in [-0.05, 0) is 46.5 Å². The third-order valence-corrected chi connectivity index (χ3v) is 3.11. The van der Waals surface area contributed by atoms with E-state index in [2.05, 4.69) is 15.9 Å². The highest BCUT2D eigenvalue weighted by Crippen LogP contribution is 2.31. The van der Waals surface area contributed by atoms with Gasteiger partial charge in [0.25, 0.3) is 0 Å². The smallest absolute Gasteiger partial charge is 0.164 e. The molecule has 0 atom stereocenters. The van der Waals surface area contributed by atoms with E-state index in [1.54, 1.807) is 6.07 Å². The topological polar surface area (TPSA) is 17.1 Å². The summed E-state index contributed by atoms with van der Waals surface area (Å²) < 4.78 is 0.833. The maximum absolute atomic E-state index is 11.5. The van der Waals surface area contributed by atoms with Crippen LogP contribution in [0.15, 0.2) is 16.6 Å². The van der Waals surface area contributed by atoms with Crippen LogP contribution >= 0.6 is 27.5 Å². The highest BCUT2D eigenvalue weighted by Gasteiger charge is 2.20. The van der Waals surface area contributed by atoms with Gasteiger partial charge in [-0.1, -0.05) is 11.6 Å². The Morgan fingerprint density at radius 1 is 1.31 bits per heavy atom. The number of halogens is 2. The molecule has 0 saturated carbocycles. The molecule has 0 spiro atoms. The summed E-state index contributed by atoms with van der Waals surface area (Å²) in [6, 6.07) is 3.67. The van der Waals surface area contributed by atoms with Crippen LogP contribution in [0.1, 0.15) is 28.8 Å². The lowest BCUT2D eigenvalue weighted by Gasteiger charge is -2.16. The Labute approximate surface area is 90.2 Å². The maximum Gasteiger partial charge on any atom is 0.164 e. The van der Waals surface area contributed by atoms with Crippen molar-refractivity contribution in [2.75, 3.05) is 0 Å². The zero-order valence-corrected chi connectivity index (χ0v) is 9.28. The van der Waals surface area contributed by atoms with Crippen LogP contribution in [-0.4, -0.2) is 5.78 Å². The molecule has 1 aromatic rings. The standard InChI is InChI=1S/C10H8BrClO/c11-8-5-7(12)4-6-2-1-3-9(13)10(6)8/h4-5H,1-3H2. The summed E-state index contributed by atoms with van der Waals surface area (Å²) in [4.78, 5) is 11.5. The van der Waals surface area contributed by atoms with Crippen LogP contribution in [0.25, 0.3) is 0 Å². The molecular formula is C10H8BrClO. The number of fused-ring (bicyclic) bond motifs is 1.